The van der Waals surface area contributed by atoms with Crippen LogP contribution in [0.4, 0.5) is 10.8 Å². The van der Waals surface area contributed by atoms with Gasteiger partial charge in [0.25, 0.3) is 17.7 Å². The van der Waals surface area contributed by atoms with E-state index in [0.717, 1.165) is 10.5 Å². The summed E-state index contributed by atoms with van der Waals surface area (Å²) in [7, 11) is 0. The molecule has 1 N–H and O–H groups in total. The second kappa shape index (κ2) is 6.16. The van der Waals surface area contributed by atoms with Crippen LogP contribution in [-0.4, -0.2) is 27.9 Å². The van der Waals surface area contributed by atoms with Crippen LogP contribution < -0.4 is 10.2 Å². The number of aromatic nitrogens is 2. The number of hydrogen-bond donors (Lipinski definition) is 1. The van der Waals surface area contributed by atoms with Crippen molar-refractivity contribution >= 4 is 39.9 Å². The number of hydrogen-bond acceptors (Lipinski definition) is 6. The Kier molecular flexibility index (Phi) is 3.81. The van der Waals surface area contributed by atoms with Crippen LogP contribution in [0.25, 0.3) is 0 Å². The third-order valence-corrected chi connectivity index (χ3v) is 4.69. The van der Waals surface area contributed by atoms with Gasteiger partial charge in [0, 0.05) is 5.56 Å². The highest BCUT2D eigenvalue weighted by molar-refractivity contribution is 7.13. The number of carbonyl (C=O) groups excluding carboxylic acids is 3. The van der Waals surface area contributed by atoms with Crippen LogP contribution >= 0.6 is 11.3 Å². The molecule has 0 spiro atoms. The summed E-state index contributed by atoms with van der Waals surface area (Å²) in [6, 6.07) is 11.6. The number of amides is 3. The summed E-state index contributed by atoms with van der Waals surface area (Å²) in [5.74, 6) is -1.25. The lowest BCUT2D eigenvalue weighted by atomic mass is 10.1. The van der Waals surface area contributed by atoms with Crippen molar-refractivity contribution in [1.29, 1.82) is 0 Å². The summed E-state index contributed by atoms with van der Waals surface area (Å²) < 4.78 is 0. The normalized spacial score (nSPS) is 13.0. The zero-order valence-electron chi connectivity index (χ0n) is 13.6. The molecule has 3 amide bonds. The van der Waals surface area contributed by atoms with Crippen molar-refractivity contribution in [2.75, 3.05) is 10.2 Å². The number of nitrogens with one attached hydrogen (secondary N) is 1. The summed E-state index contributed by atoms with van der Waals surface area (Å²) in [4.78, 5) is 39.0. The fraction of sp³-hybridized carbons (Fsp3) is 0.0556. The van der Waals surface area contributed by atoms with Crippen molar-refractivity contribution < 1.29 is 14.4 Å². The average Bonchev–Trinajstić information content (AvgIpc) is 3.23. The first-order valence-corrected chi connectivity index (χ1v) is 8.60. The Morgan fingerprint density at radius 1 is 1.08 bits per heavy atom. The van der Waals surface area contributed by atoms with Crippen LogP contribution in [0, 0.1) is 6.92 Å². The van der Waals surface area contributed by atoms with Crippen molar-refractivity contribution in [3.05, 3.63) is 70.2 Å². The van der Waals surface area contributed by atoms with Crippen LogP contribution in [0.2, 0.25) is 0 Å². The van der Waals surface area contributed by atoms with Crippen molar-refractivity contribution in [1.82, 2.24) is 10.2 Å². The minimum absolute atomic E-state index is 0.211. The highest BCUT2D eigenvalue weighted by Gasteiger charge is 2.37. The molecule has 2 aromatic carbocycles. The molecule has 0 bridgehead atoms. The quantitative estimate of drug-likeness (QED) is 0.722. The molecule has 0 fully saturated rings. The zero-order valence-corrected chi connectivity index (χ0v) is 14.4. The molecule has 0 unspecified atom stereocenters. The maximum absolute atomic E-state index is 12.8. The molecule has 0 saturated heterocycles. The number of aryl methyl sites for hydroxylation is 1. The van der Waals surface area contributed by atoms with E-state index in [1.807, 2.05) is 19.1 Å². The van der Waals surface area contributed by atoms with Gasteiger partial charge in [-0.15, -0.1) is 10.2 Å². The zero-order chi connectivity index (χ0) is 18.3. The van der Waals surface area contributed by atoms with E-state index in [4.69, 9.17) is 0 Å². The van der Waals surface area contributed by atoms with E-state index < -0.39 is 17.7 Å². The Morgan fingerprint density at radius 2 is 1.85 bits per heavy atom. The van der Waals surface area contributed by atoms with Crippen LogP contribution in [-0.2, 0) is 0 Å². The molecular formula is C18H12N4O3S. The maximum Gasteiger partial charge on any atom is 0.266 e. The monoisotopic (exact) mass is 364 g/mol. The molecule has 2 heterocycles. The smallest absolute Gasteiger partial charge is 0.266 e. The number of benzene rings is 2. The number of nitrogens with zero attached hydrogens (tertiary/aromatic N) is 3. The first kappa shape index (κ1) is 16.1. The highest BCUT2D eigenvalue weighted by atomic mass is 32.1. The summed E-state index contributed by atoms with van der Waals surface area (Å²) in [6.45, 7) is 1.83. The average molecular weight is 364 g/mol. The van der Waals surface area contributed by atoms with Crippen LogP contribution in [0.3, 0.4) is 0 Å². The molecule has 4 rings (SSSR count). The van der Waals surface area contributed by atoms with Gasteiger partial charge in [0.05, 0.1) is 16.8 Å². The van der Waals surface area contributed by atoms with E-state index in [0.29, 0.717) is 10.8 Å². The Hall–Kier alpha value is -3.39. The highest BCUT2D eigenvalue weighted by Crippen LogP contribution is 2.31. The van der Waals surface area contributed by atoms with Crippen molar-refractivity contribution in [2.45, 2.75) is 6.92 Å². The Morgan fingerprint density at radius 3 is 2.58 bits per heavy atom. The van der Waals surface area contributed by atoms with Crippen molar-refractivity contribution in [2.24, 2.45) is 0 Å². The molecule has 3 aromatic rings. The van der Waals surface area contributed by atoms with Gasteiger partial charge in [-0.25, -0.2) is 4.90 Å². The molecule has 1 aliphatic heterocycles. The Labute approximate surface area is 152 Å². The summed E-state index contributed by atoms with van der Waals surface area (Å²) in [6.07, 6.45) is 0. The standard InChI is InChI=1S/C18H12N4O3S/c1-10-4-2-3-5-14(10)22-16(24)12-7-6-11(8-13(12)17(22)25)15(23)20-18-21-19-9-26-18/h2-9H,1H3,(H,20,21,23). The first-order valence-electron chi connectivity index (χ1n) is 7.72. The topological polar surface area (TPSA) is 92.3 Å². The first-order chi connectivity index (χ1) is 12.6. The molecule has 26 heavy (non-hydrogen) atoms. The van der Waals surface area contributed by atoms with E-state index in [1.165, 1.54) is 35.0 Å². The number of imide groups is 1. The van der Waals surface area contributed by atoms with Crippen molar-refractivity contribution in [3.63, 3.8) is 0 Å². The van der Waals surface area contributed by atoms with Gasteiger partial charge >= 0.3 is 0 Å². The number of anilines is 2. The predicted molar refractivity (Wildman–Crippen MR) is 96.6 cm³/mol. The third kappa shape index (κ3) is 2.56. The van der Waals surface area contributed by atoms with E-state index >= 15 is 0 Å². The fourth-order valence-electron chi connectivity index (χ4n) is 2.81. The van der Waals surface area contributed by atoms with Gasteiger partial charge < -0.3 is 0 Å². The van der Waals surface area contributed by atoms with Gasteiger partial charge in [-0.2, -0.15) is 0 Å². The minimum Gasteiger partial charge on any atom is -0.296 e. The lowest BCUT2D eigenvalue weighted by molar-refractivity contribution is 0.0925. The molecule has 8 heteroatoms. The molecular weight excluding hydrogens is 352 g/mol. The molecule has 0 aliphatic carbocycles. The predicted octanol–water partition coefficient (Wildman–Crippen LogP) is 2.90. The van der Waals surface area contributed by atoms with Gasteiger partial charge in [-0.05, 0) is 36.8 Å². The second-order valence-corrected chi connectivity index (χ2v) is 6.52. The second-order valence-electron chi connectivity index (χ2n) is 5.69. The summed E-state index contributed by atoms with van der Waals surface area (Å²) in [5.41, 5.74) is 3.62. The van der Waals surface area contributed by atoms with Crippen LogP contribution in [0.5, 0.6) is 0 Å². The van der Waals surface area contributed by atoms with Crippen LogP contribution in [0.1, 0.15) is 36.6 Å². The number of fused-ring (bicyclic) bond motifs is 1. The molecule has 1 aromatic heterocycles. The molecule has 1 aliphatic rings. The van der Waals surface area contributed by atoms with Gasteiger partial charge in [0.2, 0.25) is 5.13 Å². The number of carbonyl (C=O) groups is 3. The molecule has 0 atom stereocenters. The fourth-order valence-corrected chi connectivity index (χ4v) is 3.25. The lowest BCUT2D eigenvalue weighted by Crippen LogP contribution is -2.29. The SMILES string of the molecule is Cc1ccccc1N1C(=O)c2ccc(C(=O)Nc3nncs3)cc2C1=O. The maximum atomic E-state index is 12.8. The molecule has 0 radical (unpaired) electrons. The largest absolute Gasteiger partial charge is 0.296 e. The Balaban J connectivity index is 1.68. The van der Waals surface area contributed by atoms with E-state index in [9.17, 15) is 14.4 Å². The number of rotatable bonds is 3. The van der Waals surface area contributed by atoms with Gasteiger partial charge in [0.1, 0.15) is 5.51 Å². The molecule has 0 saturated carbocycles. The van der Waals surface area contributed by atoms with E-state index in [2.05, 4.69) is 15.5 Å². The lowest BCUT2D eigenvalue weighted by Gasteiger charge is -2.16. The molecule has 7 nitrogen and oxygen atoms in total. The van der Waals surface area contributed by atoms with Crippen LogP contribution in [0.15, 0.2) is 48.0 Å². The van der Waals surface area contributed by atoms with Gasteiger partial charge in [-0.1, -0.05) is 29.5 Å². The van der Waals surface area contributed by atoms with Crippen molar-refractivity contribution in [3.8, 4) is 0 Å². The Bertz CT molecular complexity index is 1050. The summed E-state index contributed by atoms with van der Waals surface area (Å²) >= 11 is 1.19. The number of para-hydroxylation sites is 1. The minimum atomic E-state index is -0.440. The van der Waals surface area contributed by atoms with Gasteiger partial charge in [-0.3, -0.25) is 19.7 Å². The molecule has 128 valence electrons. The van der Waals surface area contributed by atoms with E-state index in [1.54, 1.807) is 12.1 Å². The third-order valence-electron chi connectivity index (χ3n) is 4.09. The van der Waals surface area contributed by atoms with Gasteiger partial charge in [0.15, 0.2) is 0 Å². The summed E-state index contributed by atoms with van der Waals surface area (Å²) in [5, 5.41) is 10.4. The van der Waals surface area contributed by atoms with E-state index in [-0.39, 0.29) is 16.7 Å².